The summed E-state index contributed by atoms with van der Waals surface area (Å²) in [5, 5.41) is 8.91. The highest BCUT2D eigenvalue weighted by Gasteiger charge is 2.17. The number of carbonyl (C=O) groups is 1. The number of anilines is 1. The Hall–Kier alpha value is -1.33. The molecule has 94 valence electrons. The van der Waals surface area contributed by atoms with Gasteiger partial charge >= 0.3 is 0 Å². The second-order valence-corrected chi connectivity index (χ2v) is 3.93. The van der Waals surface area contributed by atoms with E-state index in [4.69, 9.17) is 22.4 Å². The van der Waals surface area contributed by atoms with Crippen molar-refractivity contribution in [3.05, 3.63) is 23.0 Å². The normalized spacial score (nSPS) is 10.3. The van der Waals surface area contributed by atoms with E-state index in [2.05, 4.69) is 4.98 Å². The average molecular weight is 258 g/mol. The molecule has 6 heteroatoms. The number of rotatable bonds is 5. The molecule has 1 amide bonds. The number of aliphatic hydroxyl groups excluding tert-OH is 1. The number of nitrogens with zero attached hydrogens (tertiary/aromatic N) is 2. The van der Waals surface area contributed by atoms with Gasteiger partial charge in [-0.3, -0.25) is 4.79 Å². The summed E-state index contributed by atoms with van der Waals surface area (Å²) >= 11 is 5.86. The van der Waals surface area contributed by atoms with Gasteiger partial charge in [0.25, 0.3) is 5.91 Å². The van der Waals surface area contributed by atoms with Crippen LogP contribution in [0.3, 0.4) is 0 Å². The van der Waals surface area contributed by atoms with E-state index >= 15 is 0 Å². The molecular formula is C11H16ClN3O2. The van der Waals surface area contributed by atoms with Gasteiger partial charge in [0.15, 0.2) is 0 Å². The van der Waals surface area contributed by atoms with E-state index in [0.717, 1.165) is 0 Å². The van der Waals surface area contributed by atoms with Gasteiger partial charge in [-0.05, 0) is 19.4 Å². The molecule has 0 aliphatic carbocycles. The van der Waals surface area contributed by atoms with E-state index < -0.39 is 0 Å². The molecule has 3 N–H and O–H groups in total. The first-order valence-electron chi connectivity index (χ1n) is 5.41. The maximum absolute atomic E-state index is 12.1. The van der Waals surface area contributed by atoms with Gasteiger partial charge in [0.05, 0.1) is 17.4 Å². The lowest BCUT2D eigenvalue weighted by Gasteiger charge is -2.20. The second-order valence-electron chi connectivity index (χ2n) is 3.57. The molecule has 0 aliphatic heterocycles. The highest BCUT2D eigenvalue weighted by molar-refractivity contribution is 6.32. The van der Waals surface area contributed by atoms with E-state index in [-0.39, 0.29) is 17.7 Å². The molecule has 0 saturated heterocycles. The van der Waals surface area contributed by atoms with Gasteiger partial charge in [0.1, 0.15) is 5.15 Å². The third-order valence-corrected chi connectivity index (χ3v) is 2.65. The zero-order chi connectivity index (χ0) is 12.8. The molecule has 0 spiro atoms. The fraction of sp³-hybridized carbons (Fsp3) is 0.455. The molecule has 0 saturated carbocycles. The Morgan fingerprint density at radius 1 is 1.65 bits per heavy atom. The van der Waals surface area contributed by atoms with Crippen molar-refractivity contribution in [3.63, 3.8) is 0 Å². The minimum absolute atomic E-state index is 0.0483. The summed E-state index contributed by atoms with van der Waals surface area (Å²) in [4.78, 5) is 17.6. The Balaban J connectivity index is 2.89. The average Bonchev–Trinajstić information content (AvgIpc) is 2.33. The number of carbonyl (C=O) groups excluding carboxylic acids is 1. The van der Waals surface area contributed by atoms with Crippen LogP contribution in [0.25, 0.3) is 0 Å². The highest BCUT2D eigenvalue weighted by atomic mass is 35.5. The maximum Gasteiger partial charge on any atom is 0.257 e. The second kappa shape index (κ2) is 6.42. The lowest BCUT2D eigenvalue weighted by molar-refractivity contribution is 0.0754. The monoisotopic (exact) mass is 257 g/mol. The molecule has 1 rings (SSSR count). The molecule has 0 aliphatic rings. The molecule has 0 aromatic carbocycles. The quantitative estimate of drug-likeness (QED) is 0.776. The Morgan fingerprint density at radius 2 is 2.35 bits per heavy atom. The first kappa shape index (κ1) is 13.7. The zero-order valence-electron chi connectivity index (χ0n) is 9.69. The number of aliphatic hydroxyl groups is 1. The summed E-state index contributed by atoms with van der Waals surface area (Å²) in [6.07, 6.45) is 1.94. The van der Waals surface area contributed by atoms with Crippen LogP contribution in [0.5, 0.6) is 0 Å². The van der Waals surface area contributed by atoms with Crippen LogP contribution in [-0.2, 0) is 0 Å². The number of nitrogens with two attached hydrogens (primary N) is 1. The van der Waals surface area contributed by atoms with Crippen molar-refractivity contribution in [2.75, 3.05) is 25.4 Å². The molecule has 17 heavy (non-hydrogen) atoms. The number of pyridine rings is 1. The van der Waals surface area contributed by atoms with E-state index in [0.29, 0.717) is 30.8 Å². The molecule has 1 heterocycles. The van der Waals surface area contributed by atoms with Crippen LogP contribution >= 0.6 is 11.6 Å². The Labute approximate surface area is 105 Å². The first-order valence-corrected chi connectivity index (χ1v) is 5.79. The van der Waals surface area contributed by atoms with Crippen molar-refractivity contribution in [2.45, 2.75) is 13.3 Å². The molecule has 1 aromatic rings. The molecule has 0 bridgehead atoms. The smallest absolute Gasteiger partial charge is 0.257 e. The van der Waals surface area contributed by atoms with Crippen molar-refractivity contribution in [1.82, 2.24) is 9.88 Å². The summed E-state index contributed by atoms with van der Waals surface area (Å²) in [7, 11) is 0. The minimum atomic E-state index is -0.217. The maximum atomic E-state index is 12.1. The van der Waals surface area contributed by atoms with Crippen molar-refractivity contribution in [1.29, 1.82) is 0 Å². The number of hydrogen-bond donors (Lipinski definition) is 2. The number of hydrogen-bond acceptors (Lipinski definition) is 4. The fourth-order valence-electron chi connectivity index (χ4n) is 1.45. The standard InChI is InChI=1S/C11H16ClN3O2/c1-2-15(4-3-5-16)11(17)9-6-8(13)7-14-10(9)12/h6-7,16H,2-5,13H2,1H3. The van der Waals surface area contributed by atoms with Crippen LogP contribution in [-0.4, -0.2) is 40.6 Å². The van der Waals surface area contributed by atoms with E-state index in [9.17, 15) is 4.79 Å². The van der Waals surface area contributed by atoms with Crippen LogP contribution in [0.4, 0.5) is 5.69 Å². The Bertz CT molecular complexity index is 398. The van der Waals surface area contributed by atoms with Crippen molar-refractivity contribution >= 4 is 23.2 Å². The fourth-order valence-corrected chi connectivity index (χ4v) is 1.63. The van der Waals surface area contributed by atoms with Crippen molar-refractivity contribution in [3.8, 4) is 0 Å². The lowest BCUT2D eigenvalue weighted by atomic mass is 10.2. The Kier molecular flexibility index (Phi) is 5.18. The van der Waals surface area contributed by atoms with Crippen LogP contribution in [0.15, 0.2) is 12.3 Å². The van der Waals surface area contributed by atoms with Gasteiger partial charge in [0, 0.05) is 19.7 Å². The summed E-state index contributed by atoms with van der Waals surface area (Å²) in [6.45, 7) is 2.94. The summed E-state index contributed by atoms with van der Waals surface area (Å²) in [5.41, 5.74) is 6.27. The molecule has 0 fully saturated rings. The highest BCUT2D eigenvalue weighted by Crippen LogP contribution is 2.17. The predicted octanol–water partition coefficient (Wildman–Crippen LogP) is 1.16. The van der Waals surface area contributed by atoms with Gasteiger partial charge < -0.3 is 15.7 Å². The van der Waals surface area contributed by atoms with Gasteiger partial charge in [-0.25, -0.2) is 4.98 Å². The molecule has 5 nitrogen and oxygen atoms in total. The van der Waals surface area contributed by atoms with E-state index in [1.54, 1.807) is 4.90 Å². The predicted molar refractivity (Wildman–Crippen MR) is 66.9 cm³/mol. The van der Waals surface area contributed by atoms with E-state index in [1.807, 2.05) is 6.92 Å². The number of amides is 1. The minimum Gasteiger partial charge on any atom is -0.397 e. The third kappa shape index (κ3) is 3.57. The van der Waals surface area contributed by atoms with Crippen molar-refractivity contribution < 1.29 is 9.90 Å². The molecule has 0 radical (unpaired) electrons. The molecule has 1 aromatic heterocycles. The number of nitrogen functional groups attached to an aromatic ring is 1. The van der Waals surface area contributed by atoms with Crippen LogP contribution < -0.4 is 5.73 Å². The summed E-state index contributed by atoms with van der Waals surface area (Å²) < 4.78 is 0. The van der Waals surface area contributed by atoms with Crippen LogP contribution in [0, 0.1) is 0 Å². The van der Waals surface area contributed by atoms with Gasteiger partial charge in [-0.1, -0.05) is 11.6 Å². The zero-order valence-corrected chi connectivity index (χ0v) is 10.4. The topological polar surface area (TPSA) is 79.5 Å². The van der Waals surface area contributed by atoms with Crippen LogP contribution in [0.2, 0.25) is 5.15 Å². The Morgan fingerprint density at radius 3 is 2.94 bits per heavy atom. The largest absolute Gasteiger partial charge is 0.397 e. The third-order valence-electron chi connectivity index (χ3n) is 2.35. The summed E-state index contributed by atoms with van der Waals surface area (Å²) in [6, 6.07) is 1.51. The van der Waals surface area contributed by atoms with Gasteiger partial charge in [-0.15, -0.1) is 0 Å². The number of aromatic nitrogens is 1. The number of halogens is 1. The molecular weight excluding hydrogens is 242 g/mol. The van der Waals surface area contributed by atoms with Crippen LogP contribution in [0.1, 0.15) is 23.7 Å². The lowest BCUT2D eigenvalue weighted by Crippen LogP contribution is -2.32. The summed E-state index contributed by atoms with van der Waals surface area (Å²) in [5.74, 6) is -0.217. The first-order chi connectivity index (χ1) is 8.10. The van der Waals surface area contributed by atoms with E-state index in [1.165, 1.54) is 12.3 Å². The van der Waals surface area contributed by atoms with Gasteiger partial charge in [-0.2, -0.15) is 0 Å². The molecule has 0 unspecified atom stereocenters. The SMILES string of the molecule is CCN(CCCO)C(=O)c1cc(N)cnc1Cl. The van der Waals surface area contributed by atoms with Gasteiger partial charge in [0.2, 0.25) is 0 Å². The van der Waals surface area contributed by atoms with Crippen molar-refractivity contribution in [2.24, 2.45) is 0 Å². The molecule has 0 atom stereocenters.